The molecule has 0 unspecified atom stereocenters. The average Bonchev–Trinajstić information content (AvgIpc) is 2.05. The van der Waals surface area contributed by atoms with Gasteiger partial charge in [0.1, 0.15) is 5.82 Å². The maximum Gasteiger partial charge on any atom is 0.178 e. The summed E-state index contributed by atoms with van der Waals surface area (Å²) in [6.45, 7) is 1.76. The number of halogens is 1. The van der Waals surface area contributed by atoms with Crippen molar-refractivity contribution >= 4 is 16.8 Å². The summed E-state index contributed by atoms with van der Waals surface area (Å²) in [5.74, 6) is 0.649. The van der Waals surface area contributed by atoms with Crippen LogP contribution in [-0.4, -0.2) is 20.3 Å². The smallest absolute Gasteiger partial charge is 0.178 e. The van der Waals surface area contributed by atoms with Crippen LogP contribution in [0.4, 0.5) is 0 Å². The van der Waals surface area contributed by atoms with Gasteiger partial charge in [0.2, 0.25) is 0 Å². The molecule has 1 N–H and O–H groups in total. The van der Waals surface area contributed by atoms with Crippen LogP contribution in [0.15, 0.2) is 17.5 Å². The summed E-state index contributed by atoms with van der Waals surface area (Å²) in [5, 5.41) is 11.0. The third-order valence-electron chi connectivity index (χ3n) is 1.11. The summed E-state index contributed by atoms with van der Waals surface area (Å²) >= 11 is 5.46. The minimum absolute atomic E-state index is 0.00926. The van der Waals surface area contributed by atoms with E-state index in [9.17, 15) is 0 Å². The molecular formula is C6H6ClN3O. The highest BCUT2D eigenvalue weighted by atomic mass is 35.5. The molecule has 11 heavy (non-hydrogen) atoms. The number of aryl methyl sites for hydroxylation is 1. The Bertz CT molecular complexity index is 270. The van der Waals surface area contributed by atoms with E-state index >= 15 is 0 Å². The molecule has 1 rings (SSSR count). The van der Waals surface area contributed by atoms with Crippen molar-refractivity contribution in [3.05, 3.63) is 23.8 Å². The van der Waals surface area contributed by atoms with Crippen molar-refractivity contribution in [1.29, 1.82) is 0 Å². The van der Waals surface area contributed by atoms with Crippen LogP contribution in [0.25, 0.3) is 0 Å². The van der Waals surface area contributed by atoms with Crippen molar-refractivity contribution in [1.82, 2.24) is 9.97 Å². The molecule has 0 aromatic carbocycles. The van der Waals surface area contributed by atoms with Gasteiger partial charge in [0.15, 0.2) is 5.17 Å². The molecule has 0 saturated carbocycles. The Morgan fingerprint density at radius 3 is 2.55 bits per heavy atom. The molecule has 0 spiro atoms. The lowest BCUT2D eigenvalue weighted by Crippen LogP contribution is -1.95. The molecule has 0 fully saturated rings. The topological polar surface area (TPSA) is 58.4 Å². The van der Waals surface area contributed by atoms with E-state index in [-0.39, 0.29) is 5.17 Å². The van der Waals surface area contributed by atoms with Gasteiger partial charge >= 0.3 is 0 Å². The van der Waals surface area contributed by atoms with Crippen molar-refractivity contribution < 1.29 is 5.21 Å². The number of hydrogen-bond donors (Lipinski definition) is 1. The quantitative estimate of drug-likeness (QED) is 0.392. The largest absolute Gasteiger partial charge is 0.410 e. The Balaban J connectivity index is 2.99. The van der Waals surface area contributed by atoms with E-state index in [0.29, 0.717) is 11.4 Å². The third kappa shape index (κ3) is 1.88. The van der Waals surface area contributed by atoms with Crippen LogP contribution in [0.3, 0.4) is 0 Å². The van der Waals surface area contributed by atoms with Crippen LogP contribution in [0, 0.1) is 6.92 Å². The second-order valence-electron chi connectivity index (χ2n) is 1.91. The van der Waals surface area contributed by atoms with Gasteiger partial charge in [-0.15, -0.1) is 0 Å². The van der Waals surface area contributed by atoms with Crippen LogP contribution in [0.5, 0.6) is 0 Å². The monoisotopic (exact) mass is 171 g/mol. The molecule has 0 aliphatic rings. The highest BCUT2D eigenvalue weighted by Crippen LogP contribution is 2.01. The highest BCUT2D eigenvalue weighted by molar-refractivity contribution is 6.69. The second-order valence-corrected chi connectivity index (χ2v) is 2.27. The predicted molar refractivity (Wildman–Crippen MR) is 40.9 cm³/mol. The van der Waals surface area contributed by atoms with E-state index in [0.717, 1.165) is 0 Å². The van der Waals surface area contributed by atoms with Crippen LogP contribution in [0.1, 0.15) is 11.4 Å². The van der Waals surface area contributed by atoms with Crippen molar-refractivity contribution in [3.8, 4) is 0 Å². The fourth-order valence-electron chi connectivity index (χ4n) is 0.557. The zero-order valence-electron chi connectivity index (χ0n) is 5.82. The SMILES string of the molecule is Cc1ncc(C(Cl)=NO)cn1. The third-order valence-corrected chi connectivity index (χ3v) is 1.40. The van der Waals surface area contributed by atoms with Gasteiger partial charge in [-0.2, -0.15) is 0 Å². The van der Waals surface area contributed by atoms with Crippen molar-refractivity contribution in [2.24, 2.45) is 5.16 Å². The molecule has 0 aliphatic carbocycles. The van der Waals surface area contributed by atoms with Crippen LogP contribution in [0.2, 0.25) is 0 Å². The standard InChI is InChI=1S/C6H6ClN3O/c1-4-8-2-5(3-9-4)6(7)10-11/h2-3,11H,1H3. The van der Waals surface area contributed by atoms with Crippen molar-refractivity contribution in [2.45, 2.75) is 6.92 Å². The molecule has 0 aliphatic heterocycles. The van der Waals surface area contributed by atoms with E-state index in [1.54, 1.807) is 6.92 Å². The normalized spacial score (nSPS) is 11.6. The van der Waals surface area contributed by atoms with Crippen molar-refractivity contribution in [3.63, 3.8) is 0 Å². The zero-order valence-corrected chi connectivity index (χ0v) is 6.58. The van der Waals surface area contributed by atoms with Gasteiger partial charge in [-0.1, -0.05) is 16.8 Å². The molecule has 0 amide bonds. The van der Waals surface area contributed by atoms with Gasteiger partial charge in [0, 0.05) is 12.4 Å². The summed E-state index contributed by atoms with van der Waals surface area (Å²) in [6.07, 6.45) is 2.98. The van der Waals surface area contributed by atoms with E-state index in [1.165, 1.54) is 12.4 Å². The van der Waals surface area contributed by atoms with Crippen molar-refractivity contribution in [2.75, 3.05) is 0 Å². The van der Waals surface area contributed by atoms with Crippen LogP contribution >= 0.6 is 11.6 Å². The van der Waals surface area contributed by atoms with Gasteiger partial charge in [0.05, 0.1) is 5.56 Å². The maximum atomic E-state index is 8.26. The number of hydrogen-bond acceptors (Lipinski definition) is 4. The molecule has 0 bridgehead atoms. The molecule has 1 aromatic heterocycles. The average molecular weight is 172 g/mol. The first-order chi connectivity index (χ1) is 5.24. The minimum atomic E-state index is -0.00926. The summed E-state index contributed by atoms with van der Waals surface area (Å²) < 4.78 is 0. The van der Waals surface area contributed by atoms with Crippen LogP contribution in [-0.2, 0) is 0 Å². The summed E-state index contributed by atoms with van der Waals surface area (Å²) in [6, 6.07) is 0. The summed E-state index contributed by atoms with van der Waals surface area (Å²) in [5.41, 5.74) is 0.500. The molecular weight excluding hydrogens is 166 g/mol. The van der Waals surface area contributed by atoms with E-state index in [1.807, 2.05) is 0 Å². The number of rotatable bonds is 1. The first-order valence-corrected chi connectivity index (χ1v) is 3.28. The zero-order chi connectivity index (χ0) is 8.27. The lowest BCUT2D eigenvalue weighted by molar-refractivity contribution is 0.321. The Labute approximate surface area is 68.5 Å². The van der Waals surface area contributed by atoms with Gasteiger partial charge in [-0.3, -0.25) is 0 Å². The number of nitrogens with zero attached hydrogens (tertiary/aromatic N) is 3. The Hall–Kier alpha value is -1.16. The minimum Gasteiger partial charge on any atom is -0.410 e. The van der Waals surface area contributed by atoms with Gasteiger partial charge in [-0.25, -0.2) is 9.97 Å². The van der Waals surface area contributed by atoms with Gasteiger partial charge < -0.3 is 5.21 Å². The van der Waals surface area contributed by atoms with E-state index in [2.05, 4.69) is 15.1 Å². The lowest BCUT2D eigenvalue weighted by Gasteiger charge is -1.94. The maximum absolute atomic E-state index is 8.26. The molecule has 0 radical (unpaired) electrons. The predicted octanol–water partition coefficient (Wildman–Crippen LogP) is 1.16. The fourth-order valence-corrected chi connectivity index (χ4v) is 0.654. The van der Waals surface area contributed by atoms with E-state index in [4.69, 9.17) is 16.8 Å². The Kier molecular flexibility index (Phi) is 2.38. The van der Waals surface area contributed by atoms with Gasteiger partial charge in [0.25, 0.3) is 0 Å². The molecule has 0 atom stereocenters. The molecule has 0 saturated heterocycles. The summed E-state index contributed by atoms with van der Waals surface area (Å²) in [7, 11) is 0. The molecule has 58 valence electrons. The van der Waals surface area contributed by atoms with Gasteiger partial charge in [-0.05, 0) is 6.92 Å². The summed E-state index contributed by atoms with van der Waals surface area (Å²) in [4.78, 5) is 7.72. The second kappa shape index (κ2) is 3.30. The molecule has 5 heteroatoms. The van der Waals surface area contributed by atoms with Crippen LogP contribution < -0.4 is 0 Å². The number of oxime groups is 1. The molecule has 1 aromatic rings. The first-order valence-electron chi connectivity index (χ1n) is 2.90. The Morgan fingerprint density at radius 2 is 2.09 bits per heavy atom. The fraction of sp³-hybridized carbons (Fsp3) is 0.167. The van der Waals surface area contributed by atoms with E-state index < -0.39 is 0 Å². The Morgan fingerprint density at radius 1 is 1.55 bits per heavy atom. The molecule has 4 nitrogen and oxygen atoms in total. The highest BCUT2D eigenvalue weighted by Gasteiger charge is 1.99. The molecule has 1 heterocycles. The lowest BCUT2D eigenvalue weighted by atomic mass is 10.4. The first kappa shape index (κ1) is 7.94. The number of aromatic nitrogens is 2.